The summed E-state index contributed by atoms with van der Waals surface area (Å²) in [5.74, 6) is 3.01. The largest absolute Gasteiger partial charge is 0.379 e. The first-order valence-electron chi connectivity index (χ1n) is 9.39. The molecule has 0 radical (unpaired) electrons. The van der Waals surface area contributed by atoms with Gasteiger partial charge < -0.3 is 9.64 Å². The number of thiophene rings is 1. The van der Waals surface area contributed by atoms with Gasteiger partial charge in [-0.1, -0.05) is 12.8 Å². The molecule has 0 spiro atoms. The molecular weight excluding hydrogens is 332 g/mol. The van der Waals surface area contributed by atoms with E-state index in [2.05, 4.69) is 30.7 Å². The zero-order chi connectivity index (χ0) is 17.4. The van der Waals surface area contributed by atoms with E-state index in [0.717, 1.165) is 61.8 Å². The summed E-state index contributed by atoms with van der Waals surface area (Å²) >= 11 is 1.80. The Morgan fingerprint density at radius 1 is 1.20 bits per heavy atom. The third kappa shape index (κ3) is 3.81. The summed E-state index contributed by atoms with van der Waals surface area (Å²) in [6.45, 7) is 9.87. The highest BCUT2D eigenvalue weighted by Gasteiger charge is 2.23. The van der Waals surface area contributed by atoms with Gasteiger partial charge in [-0.15, -0.1) is 11.3 Å². The molecule has 2 aromatic heterocycles. The molecule has 2 aromatic rings. The van der Waals surface area contributed by atoms with Gasteiger partial charge >= 0.3 is 0 Å². The van der Waals surface area contributed by atoms with Crippen LogP contribution in [-0.4, -0.2) is 54.8 Å². The molecule has 1 saturated carbocycles. The number of hydrogen-bond acceptors (Lipinski definition) is 6. The SMILES string of the molecule is Cc1sc2nc(CN3CCOCC3)nc(N(C)CCC3CC3)c2c1C. The van der Waals surface area contributed by atoms with Crippen LogP contribution in [0.4, 0.5) is 5.82 Å². The first kappa shape index (κ1) is 17.2. The minimum atomic E-state index is 0.813. The Labute approximate surface area is 154 Å². The number of fused-ring (bicyclic) bond motifs is 1. The molecule has 25 heavy (non-hydrogen) atoms. The van der Waals surface area contributed by atoms with Gasteiger partial charge in [-0.25, -0.2) is 9.97 Å². The third-order valence-electron chi connectivity index (χ3n) is 5.46. The fourth-order valence-electron chi connectivity index (χ4n) is 3.47. The van der Waals surface area contributed by atoms with Crippen LogP contribution in [0.25, 0.3) is 10.2 Å². The topological polar surface area (TPSA) is 41.5 Å². The van der Waals surface area contributed by atoms with E-state index in [0.29, 0.717) is 0 Å². The lowest BCUT2D eigenvalue weighted by Crippen LogP contribution is -2.36. The zero-order valence-electron chi connectivity index (χ0n) is 15.5. The molecule has 0 atom stereocenters. The number of ether oxygens (including phenoxy) is 1. The van der Waals surface area contributed by atoms with Crippen molar-refractivity contribution >= 4 is 27.4 Å². The quantitative estimate of drug-likeness (QED) is 0.790. The van der Waals surface area contributed by atoms with E-state index in [1.807, 2.05) is 0 Å². The Kier molecular flexibility index (Phi) is 4.93. The summed E-state index contributed by atoms with van der Waals surface area (Å²) in [4.78, 5) is 17.1. The lowest BCUT2D eigenvalue weighted by molar-refractivity contribution is 0.0331. The molecule has 0 unspecified atom stereocenters. The van der Waals surface area contributed by atoms with Crippen LogP contribution in [0.3, 0.4) is 0 Å². The third-order valence-corrected chi connectivity index (χ3v) is 6.56. The summed E-state index contributed by atoms with van der Waals surface area (Å²) in [7, 11) is 2.19. The van der Waals surface area contributed by atoms with Crippen LogP contribution in [0.1, 0.15) is 35.5 Å². The molecular formula is C19H28N4OS. The average Bonchev–Trinajstić information content (AvgIpc) is 3.39. The van der Waals surface area contributed by atoms with Crippen molar-refractivity contribution in [3.63, 3.8) is 0 Å². The minimum absolute atomic E-state index is 0.813. The highest BCUT2D eigenvalue weighted by atomic mass is 32.1. The van der Waals surface area contributed by atoms with Gasteiger partial charge in [0.25, 0.3) is 0 Å². The molecule has 2 fully saturated rings. The van der Waals surface area contributed by atoms with Crippen molar-refractivity contribution in [2.75, 3.05) is 44.8 Å². The summed E-state index contributed by atoms with van der Waals surface area (Å²) in [5, 5.41) is 1.26. The maximum absolute atomic E-state index is 5.46. The molecule has 0 amide bonds. The van der Waals surface area contributed by atoms with Crippen molar-refractivity contribution in [3.05, 3.63) is 16.3 Å². The van der Waals surface area contributed by atoms with Crippen molar-refractivity contribution < 1.29 is 4.74 Å². The highest BCUT2D eigenvalue weighted by molar-refractivity contribution is 7.18. The van der Waals surface area contributed by atoms with Crippen molar-refractivity contribution in [2.24, 2.45) is 5.92 Å². The van der Waals surface area contributed by atoms with Crippen molar-refractivity contribution in [2.45, 2.75) is 39.7 Å². The first-order chi connectivity index (χ1) is 12.1. The van der Waals surface area contributed by atoms with Gasteiger partial charge in [0.15, 0.2) is 0 Å². The lowest BCUT2D eigenvalue weighted by atomic mass is 10.2. The highest BCUT2D eigenvalue weighted by Crippen LogP contribution is 2.36. The maximum Gasteiger partial charge on any atom is 0.146 e. The molecule has 3 heterocycles. The summed E-state index contributed by atoms with van der Waals surface area (Å²) < 4.78 is 5.46. The number of anilines is 1. The van der Waals surface area contributed by atoms with Gasteiger partial charge in [-0.2, -0.15) is 0 Å². The number of aryl methyl sites for hydroxylation is 2. The number of hydrogen-bond donors (Lipinski definition) is 0. The Morgan fingerprint density at radius 2 is 1.96 bits per heavy atom. The van der Waals surface area contributed by atoms with Crippen LogP contribution in [0.15, 0.2) is 0 Å². The van der Waals surface area contributed by atoms with Gasteiger partial charge in [-0.05, 0) is 31.7 Å². The van der Waals surface area contributed by atoms with E-state index in [1.165, 1.54) is 35.1 Å². The Balaban J connectivity index is 1.64. The van der Waals surface area contributed by atoms with Crippen LogP contribution in [0, 0.1) is 19.8 Å². The number of aromatic nitrogens is 2. The molecule has 0 aromatic carbocycles. The van der Waals surface area contributed by atoms with Gasteiger partial charge in [0.05, 0.1) is 25.1 Å². The van der Waals surface area contributed by atoms with E-state index < -0.39 is 0 Å². The molecule has 0 bridgehead atoms. The van der Waals surface area contributed by atoms with Crippen molar-refractivity contribution in [3.8, 4) is 0 Å². The van der Waals surface area contributed by atoms with Gasteiger partial charge in [-0.3, -0.25) is 4.90 Å². The molecule has 6 heteroatoms. The Bertz CT molecular complexity index is 749. The van der Waals surface area contributed by atoms with E-state index in [4.69, 9.17) is 14.7 Å². The van der Waals surface area contributed by atoms with Crippen molar-refractivity contribution in [1.82, 2.24) is 14.9 Å². The monoisotopic (exact) mass is 360 g/mol. The van der Waals surface area contributed by atoms with Crippen LogP contribution in [0.2, 0.25) is 0 Å². The van der Waals surface area contributed by atoms with Crippen molar-refractivity contribution in [1.29, 1.82) is 0 Å². The van der Waals surface area contributed by atoms with Crippen LogP contribution in [-0.2, 0) is 11.3 Å². The van der Waals surface area contributed by atoms with Crippen LogP contribution in [0.5, 0.6) is 0 Å². The van der Waals surface area contributed by atoms with Gasteiger partial charge in [0, 0.05) is 31.6 Å². The molecule has 4 rings (SSSR count). The predicted octanol–water partition coefficient (Wildman–Crippen LogP) is 3.38. The smallest absolute Gasteiger partial charge is 0.146 e. The average molecular weight is 361 g/mol. The number of nitrogens with zero attached hydrogens (tertiary/aromatic N) is 4. The molecule has 1 aliphatic heterocycles. The lowest BCUT2D eigenvalue weighted by Gasteiger charge is -2.26. The van der Waals surface area contributed by atoms with Crippen LogP contribution >= 0.6 is 11.3 Å². The van der Waals surface area contributed by atoms with E-state index in [-0.39, 0.29) is 0 Å². The summed E-state index contributed by atoms with van der Waals surface area (Å²) in [6, 6.07) is 0. The second-order valence-electron chi connectivity index (χ2n) is 7.47. The molecule has 2 aliphatic rings. The summed E-state index contributed by atoms with van der Waals surface area (Å²) in [5.41, 5.74) is 1.34. The van der Waals surface area contributed by atoms with E-state index >= 15 is 0 Å². The zero-order valence-corrected chi connectivity index (χ0v) is 16.4. The molecule has 136 valence electrons. The molecule has 1 saturated heterocycles. The fourth-order valence-corrected chi connectivity index (χ4v) is 4.51. The van der Waals surface area contributed by atoms with Gasteiger partial charge in [0.1, 0.15) is 16.5 Å². The Hall–Kier alpha value is -1.24. The summed E-state index contributed by atoms with van der Waals surface area (Å²) in [6.07, 6.45) is 4.10. The van der Waals surface area contributed by atoms with E-state index in [1.54, 1.807) is 11.3 Å². The number of rotatable bonds is 6. The second kappa shape index (κ2) is 7.17. The molecule has 1 aliphatic carbocycles. The maximum atomic E-state index is 5.46. The van der Waals surface area contributed by atoms with Crippen LogP contribution < -0.4 is 4.90 Å². The minimum Gasteiger partial charge on any atom is -0.379 e. The Morgan fingerprint density at radius 3 is 2.68 bits per heavy atom. The molecule has 5 nitrogen and oxygen atoms in total. The first-order valence-corrected chi connectivity index (χ1v) is 10.2. The predicted molar refractivity (Wildman–Crippen MR) is 104 cm³/mol. The molecule has 0 N–H and O–H groups in total. The van der Waals surface area contributed by atoms with E-state index in [9.17, 15) is 0 Å². The fraction of sp³-hybridized carbons (Fsp3) is 0.684. The van der Waals surface area contributed by atoms with Gasteiger partial charge in [0.2, 0.25) is 0 Å². The normalized spacial score (nSPS) is 18.8. The number of morpholine rings is 1. The second-order valence-corrected chi connectivity index (χ2v) is 8.67. The standard InChI is InChI=1S/C19H28N4OS/c1-13-14(2)25-19-17(13)18(22(3)7-6-15-4-5-15)20-16(21-19)12-23-8-10-24-11-9-23/h15H,4-12H2,1-3H3.